The Balaban J connectivity index is 1.75. The molecule has 1 amide bonds. The molecule has 0 atom stereocenters. The minimum Gasteiger partial charge on any atom is -0.493 e. The van der Waals surface area contributed by atoms with Gasteiger partial charge in [0.1, 0.15) is 5.75 Å². The molecule has 0 heterocycles. The highest BCUT2D eigenvalue weighted by Crippen LogP contribution is 2.19. The van der Waals surface area contributed by atoms with Gasteiger partial charge in [-0.05, 0) is 55.3 Å². The van der Waals surface area contributed by atoms with Crippen molar-refractivity contribution < 1.29 is 23.9 Å². The van der Waals surface area contributed by atoms with Gasteiger partial charge >= 0.3 is 5.97 Å². The average molecular weight is 383 g/mol. The molecule has 0 aliphatic rings. The number of carbonyl (C=O) groups excluding carboxylic acids is 3. The lowest BCUT2D eigenvalue weighted by Gasteiger charge is -2.10. The van der Waals surface area contributed by atoms with Crippen LogP contribution in [0.25, 0.3) is 0 Å². The summed E-state index contributed by atoms with van der Waals surface area (Å²) in [6, 6.07) is 12.3. The number of Topliss-reactive ketones (excluding diaryl/α,β-unsaturated/α-hetero) is 1. The number of benzene rings is 2. The predicted molar refractivity (Wildman–Crippen MR) is 107 cm³/mol. The van der Waals surface area contributed by atoms with Crippen molar-refractivity contribution in [3.05, 3.63) is 59.2 Å². The summed E-state index contributed by atoms with van der Waals surface area (Å²) in [5.74, 6) is -0.169. The molecule has 0 spiro atoms. The number of rotatable bonds is 9. The average Bonchev–Trinajstić information content (AvgIpc) is 2.69. The van der Waals surface area contributed by atoms with Crippen LogP contribution in [0.4, 0.5) is 5.69 Å². The van der Waals surface area contributed by atoms with Crippen molar-refractivity contribution in [2.24, 2.45) is 0 Å². The van der Waals surface area contributed by atoms with Crippen LogP contribution < -0.4 is 10.1 Å². The number of hydrogen-bond donors (Lipinski definition) is 1. The van der Waals surface area contributed by atoms with E-state index >= 15 is 0 Å². The number of ether oxygens (including phenoxy) is 2. The summed E-state index contributed by atoms with van der Waals surface area (Å²) in [6.07, 6.45) is 0.437. The molecule has 2 rings (SSSR count). The first-order chi connectivity index (χ1) is 13.4. The van der Waals surface area contributed by atoms with Crippen LogP contribution in [-0.2, 0) is 14.3 Å². The number of ketones is 1. The van der Waals surface area contributed by atoms with E-state index in [0.717, 1.165) is 16.9 Å². The third kappa shape index (κ3) is 6.54. The van der Waals surface area contributed by atoms with E-state index in [0.29, 0.717) is 17.7 Å². The van der Waals surface area contributed by atoms with Crippen LogP contribution in [0, 0.1) is 13.8 Å². The van der Waals surface area contributed by atoms with Gasteiger partial charge in [0, 0.05) is 17.7 Å². The van der Waals surface area contributed by atoms with Crippen LogP contribution in [0.1, 0.15) is 41.3 Å². The van der Waals surface area contributed by atoms with Gasteiger partial charge in [-0.15, -0.1) is 0 Å². The minimum absolute atomic E-state index is 0.0582. The molecule has 6 heteroatoms. The van der Waals surface area contributed by atoms with Gasteiger partial charge < -0.3 is 14.8 Å². The van der Waals surface area contributed by atoms with E-state index in [4.69, 9.17) is 9.47 Å². The van der Waals surface area contributed by atoms with Gasteiger partial charge in [0.2, 0.25) is 5.91 Å². The molecule has 0 fully saturated rings. The van der Waals surface area contributed by atoms with E-state index in [1.54, 1.807) is 31.2 Å². The summed E-state index contributed by atoms with van der Waals surface area (Å²) >= 11 is 0. The Hall–Kier alpha value is -3.15. The minimum atomic E-state index is -0.495. The molecule has 2 aromatic rings. The van der Waals surface area contributed by atoms with Crippen molar-refractivity contribution in [1.82, 2.24) is 0 Å². The second kappa shape index (κ2) is 10.3. The number of carbonyl (C=O) groups is 3. The number of nitrogens with one attached hydrogen (secondary N) is 1. The summed E-state index contributed by atoms with van der Waals surface area (Å²) < 4.78 is 10.6. The summed E-state index contributed by atoms with van der Waals surface area (Å²) in [5, 5.41) is 2.70. The van der Waals surface area contributed by atoms with Gasteiger partial charge in [-0.2, -0.15) is 0 Å². The van der Waals surface area contributed by atoms with Crippen molar-refractivity contribution in [1.29, 1.82) is 0 Å². The predicted octanol–water partition coefficient (Wildman–Crippen LogP) is 3.85. The molecule has 28 heavy (non-hydrogen) atoms. The zero-order chi connectivity index (χ0) is 20.5. The molecule has 6 nitrogen and oxygen atoms in total. The van der Waals surface area contributed by atoms with E-state index in [9.17, 15) is 14.4 Å². The summed E-state index contributed by atoms with van der Waals surface area (Å²) in [6.45, 7) is 5.52. The number of amides is 1. The fourth-order valence-electron chi connectivity index (χ4n) is 2.40. The maximum Gasteiger partial charge on any atom is 0.309 e. The lowest BCUT2D eigenvalue weighted by molar-refractivity contribution is -0.143. The van der Waals surface area contributed by atoms with Gasteiger partial charge in [-0.3, -0.25) is 14.4 Å². The number of esters is 1. The molecule has 0 saturated carbocycles. The number of anilines is 1. The molecular weight excluding hydrogens is 358 g/mol. The second-order valence-electron chi connectivity index (χ2n) is 6.43. The molecule has 0 bridgehead atoms. The smallest absolute Gasteiger partial charge is 0.309 e. The zero-order valence-corrected chi connectivity index (χ0v) is 16.4. The van der Waals surface area contributed by atoms with Gasteiger partial charge in [-0.25, -0.2) is 0 Å². The molecule has 0 unspecified atom stereocenters. The monoisotopic (exact) mass is 383 g/mol. The molecule has 148 valence electrons. The van der Waals surface area contributed by atoms with Crippen molar-refractivity contribution >= 4 is 23.3 Å². The Morgan fingerprint density at radius 2 is 1.71 bits per heavy atom. The third-order valence-corrected chi connectivity index (χ3v) is 4.08. The highest BCUT2D eigenvalue weighted by Gasteiger charge is 2.11. The van der Waals surface area contributed by atoms with Crippen LogP contribution in [0.15, 0.2) is 42.5 Å². The molecule has 0 aliphatic heterocycles. The highest BCUT2D eigenvalue weighted by molar-refractivity contribution is 5.98. The van der Waals surface area contributed by atoms with Crippen molar-refractivity contribution in [3.63, 3.8) is 0 Å². The zero-order valence-electron chi connectivity index (χ0n) is 16.4. The van der Waals surface area contributed by atoms with Crippen LogP contribution in [0.2, 0.25) is 0 Å². The van der Waals surface area contributed by atoms with Gasteiger partial charge in [0.25, 0.3) is 0 Å². The molecule has 2 aromatic carbocycles. The lowest BCUT2D eigenvalue weighted by atomic mass is 10.1. The van der Waals surface area contributed by atoms with Crippen molar-refractivity contribution in [3.8, 4) is 5.75 Å². The van der Waals surface area contributed by atoms with Gasteiger partial charge in [-0.1, -0.05) is 19.1 Å². The van der Waals surface area contributed by atoms with Gasteiger partial charge in [0.05, 0.1) is 13.0 Å². The molecule has 0 radical (unpaired) electrons. The standard InChI is InChI=1S/C22H25NO5/c1-4-21(25)23-18-9-7-17(8-10-18)19(24)14-28-22(26)11-12-27-20-13-15(2)5-6-16(20)3/h5-10,13H,4,11-12,14H2,1-3H3,(H,23,25). The van der Waals surface area contributed by atoms with Crippen LogP contribution in [0.3, 0.4) is 0 Å². The SMILES string of the molecule is CCC(=O)Nc1ccc(C(=O)COC(=O)CCOc2cc(C)ccc2C)cc1. The van der Waals surface area contributed by atoms with E-state index in [1.807, 2.05) is 32.0 Å². The van der Waals surface area contributed by atoms with Crippen molar-refractivity contribution in [2.45, 2.75) is 33.6 Å². The Morgan fingerprint density at radius 3 is 2.39 bits per heavy atom. The summed E-state index contributed by atoms with van der Waals surface area (Å²) in [4.78, 5) is 35.3. The van der Waals surface area contributed by atoms with E-state index < -0.39 is 5.97 Å². The molecule has 0 aromatic heterocycles. The molecular formula is C22H25NO5. The molecule has 0 aliphatic carbocycles. The first-order valence-electron chi connectivity index (χ1n) is 9.18. The van der Waals surface area contributed by atoms with Crippen LogP contribution in [0.5, 0.6) is 5.75 Å². The lowest BCUT2D eigenvalue weighted by Crippen LogP contribution is -2.16. The Labute approximate surface area is 164 Å². The number of aryl methyl sites for hydroxylation is 2. The Morgan fingerprint density at radius 1 is 1.00 bits per heavy atom. The molecule has 1 N–H and O–H groups in total. The first-order valence-corrected chi connectivity index (χ1v) is 9.18. The Bertz CT molecular complexity index is 843. The maximum atomic E-state index is 12.1. The summed E-state index contributed by atoms with van der Waals surface area (Å²) in [7, 11) is 0. The quantitative estimate of drug-likeness (QED) is 0.525. The van der Waals surface area contributed by atoms with E-state index in [-0.39, 0.29) is 31.3 Å². The van der Waals surface area contributed by atoms with Crippen molar-refractivity contribution in [2.75, 3.05) is 18.5 Å². The fourth-order valence-corrected chi connectivity index (χ4v) is 2.40. The second-order valence-corrected chi connectivity index (χ2v) is 6.43. The van der Waals surface area contributed by atoms with E-state index in [2.05, 4.69) is 5.32 Å². The largest absolute Gasteiger partial charge is 0.493 e. The number of hydrogen-bond acceptors (Lipinski definition) is 5. The highest BCUT2D eigenvalue weighted by atomic mass is 16.5. The first kappa shape index (κ1) is 21.2. The fraction of sp³-hybridized carbons (Fsp3) is 0.318. The van der Waals surface area contributed by atoms with Crippen LogP contribution >= 0.6 is 0 Å². The molecule has 0 saturated heterocycles. The Kier molecular flexibility index (Phi) is 7.75. The third-order valence-electron chi connectivity index (χ3n) is 4.08. The maximum absolute atomic E-state index is 12.1. The van der Waals surface area contributed by atoms with Crippen LogP contribution in [-0.4, -0.2) is 30.9 Å². The van der Waals surface area contributed by atoms with E-state index in [1.165, 1.54) is 0 Å². The topological polar surface area (TPSA) is 81.7 Å². The normalized spacial score (nSPS) is 10.2. The summed E-state index contributed by atoms with van der Waals surface area (Å²) in [5.41, 5.74) is 3.10. The van der Waals surface area contributed by atoms with Gasteiger partial charge in [0.15, 0.2) is 12.4 Å².